The molecule has 0 atom stereocenters. The van der Waals surface area contributed by atoms with Gasteiger partial charge in [0.05, 0.1) is 5.69 Å². The third kappa shape index (κ3) is 2.19. The van der Waals surface area contributed by atoms with Crippen LogP contribution in [0.3, 0.4) is 0 Å². The van der Waals surface area contributed by atoms with Gasteiger partial charge >= 0.3 is 0 Å². The van der Waals surface area contributed by atoms with Gasteiger partial charge in [0.1, 0.15) is 5.82 Å². The number of fused-ring (bicyclic) bond motifs is 1. The number of nitrogens with two attached hydrogens (primary N) is 1. The SMILES string of the molecule is Nc1nc(N2CCSCC2)nc2c1CNCC2. The highest BCUT2D eigenvalue weighted by atomic mass is 32.2. The van der Waals surface area contributed by atoms with Crippen LogP contribution in [0.2, 0.25) is 0 Å². The first-order valence-electron chi connectivity index (χ1n) is 6.03. The summed E-state index contributed by atoms with van der Waals surface area (Å²) in [6, 6.07) is 0. The third-order valence-electron chi connectivity index (χ3n) is 3.25. The van der Waals surface area contributed by atoms with Crippen LogP contribution in [-0.4, -0.2) is 41.1 Å². The van der Waals surface area contributed by atoms with Gasteiger partial charge in [-0.05, 0) is 0 Å². The molecule has 0 aliphatic carbocycles. The minimum Gasteiger partial charge on any atom is -0.383 e. The van der Waals surface area contributed by atoms with Crippen molar-refractivity contribution in [3.63, 3.8) is 0 Å². The second-order valence-corrected chi connectivity index (χ2v) is 5.59. The Labute approximate surface area is 105 Å². The van der Waals surface area contributed by atoms with Crippen LogP contribution in [0.15, 0.2) is 0 Å². The highest BCUT2D eigenvalue weighted by Crippen LogP contribution is 2.22. The standard InChI is InChI=1S/C11H17N5S/c12-10-8-7-13-2-1-9(8)14-11(15-10)16-3-5-17-6-4-16/h13H,1-7H2,(H2,12,14,15). The first kappa shape index (κ1) is 11.1. The van der Waals surface area contributed by atoms with Crippen LogP contribution in [-0.2, 0) is 13.0 Å². The smallest absolute Gasteiger partial charge is 0.227 e. The molecule has 6 heteroatoms. The van der Waals surface area contributed by atoms with E-state index in [1.807, 2.05) is 11.8 Å². The quantitative estimate of drug-likeness (QED) is 0.746. The van der Waals surface area contributed by atoms with Gasteiger partial charge in [0, 0.05) is 49.7 Å². The maximum absolute atomic E-state index is 6.03. The fourth-order valence-corrected chi connectivity index (χ4v) is 3.16. The fourth-order valence-electron chi connectivity index (χ4n) is 2.26. The van der Waals surface area contributed by atoms with Gasteiger partial charge in [-0.1, -0.05) is 0 Å². The molecular formula is C11H17N5S. The Morgan fingerprint density at radius 1 is 1.24 bits per heavy atom. The second kappa shape index (κ2) is 4.70. The predicted molar refractivity (Wildman–Crippen MR) is 71.4 cm³/mol. The van der Waals surface area contributed by atoms with E-state index in [2.05, 4.69) is 20.2 Å². The Morgan fingerprint density at radius 2 is 2.06 bits per heavy atom. The lowest BCUT2D eigenvalue weighted by Gasteiger charge is -2.28. The number of rotatable bonds is 1. The average molecular weight is 251 g/mol. The van der Waals surface area contributed by atoms with Crippen molar-refractivity contribution in [3.8, 4) is 0 Å². The van der Waals surface area contributed by atoms with Crippen LogP contribution in [0.1, 0.15) is 11.3 Å². The predicted octanol–water partition coefficient (Wildman–Crippen LogP) is 0.258. The lowest BCUT2D eigenvalue weighted by molar-refractivity contribution is 0.625. The average Bonchev–Trinajstić information content (AvgIpc) is 2.40. The van der Waals surface area contributed by atoms with Gasteiger partial charge in [0.25, 0.3) is 0 Å². The Balaban J connectivity index is 1.92. The molecule has 0 bridgehead atoms. The zero-order chi connectivity index (χ0) is 11.7. The van der Waals surface area contributed by atoms with Gasteiger partial charge in [0.15, 0.2) is 0 Å². The number of hydrogen-bond acceptors (Lipinski definition) is 6. The molecule has 1 fully saturated rings. The van der Waals surface area contributed by atoms with E-state index in [9.17, 15) is 0 Å². The van der Waals surface area contributed by atoms with E-state index >= 15 is 0 Å². The van der Waals surface area contributed by atoms with Gasteiger partial charge in [-0.25, -0.2) is 4.98 Å². The number of anilines is 2. The van der Waals surface area contributed by atoms with Crippen molar-refractivity contribution < 1.29 is 0 Å². The normalized spacial score (nSPS) is 20.1. The van der Waals surface area contributed by atoms with Gasteiger partial charge in [-0.3, -0.25) is 0 Å². The van der Waals surface area contributed by atoms with Crippen LogP contribution in [0.4, 0.5) is 11.8 Å². The molecule has 2 aliphatic rings. The molecule has 1 aromatic heterocycles. The summed E-state index contributed by atoms with van der Waals surface area (Å²) in [5, 5.41) is 3.30. The van der Waals surface area contributed by atoms with Crippen molar-refractivity contribution in [1.82, 2.24) is 15.3 Å². The van der Waals surface area contributed by atoms with Crippen molar-refractivity contribution >= 4 is 23.5 Å². The molecule has 92 valence electrons. The third-order valence-corrected chi connectivity index (χ3v) is 4.19. The van der Waals surface area contributed by atoms with Gasteiger partial charge in [-0.2, -0.15) is 16.7 Å². The Hall–Kier alpha value is -1.01. The maximum Gasteiger partial charge on any atom is 0.227 e. The van der Waals surface area contributed by atoms with E-state index in [1.54, 1.807) is 0 Å². The first-order valence-corrected chi connectivity index (χ1v) is 7.19. The lowest BCUT2D eigenvalue weighted by Crippen LogP contribution is -2.35. The number of hydrogen-bond donors (Lipinski definition) is 2. The van der Waals surface area contributed by atoms with Crippen molar-refractivity contribution in [1.29, 1.82) is 0 Å². The van der Waals surface area contributed by atoms with Gasteiger partial charge < -0.3 is 16.0 Å². The molecule has 0 amide bonds. The molecule has 0 aromatic carbocycles. The minimum atomic E-state index is 0.649. The summed E-state index contributed by atoms with van der Waals surface area (Å²) in [4.78, 5) is 11.4. The molecule has 3 N–H and O–H groups in total. The summed E-state index contributed by atoms with van der Waals surface area (Å²) in [6.07, 6.45) is 0.956. The highest BCUT2D eigenvalue weighted by Gasteiger charge is 2.19. The van der Waals surface area contributed by atoms with Crippen LogP contribution >= 0.6 is 11.8 Å². The molecule has 5 nitrogen and oxygen atoms in total. The van der Waals surface area contributed by atoms with E-state index in [4.69, 9.17) is 5.73 Å². The number of thioether (sulfide) groups is 1. The molecule has 2 aliphatic heterocycles. The van der Waals surface area contributed by atoms with Crippen molar-refractivity contribution in [2.75, 3.05) is 41.8 Å². The van der Waals surface area contributed by atoms with Crippen LogP contribution in [0.25, 0.3) is 0 Å². The Kier molecular flexibility index (Phi) is 3.07. The molecule has 17 heavy (non-hydrogen) atoms. The second-order valence-electron chi connectivity index (χ2n) is 4.36. The highest BCUT2D eigenvalue weighted by molar-refractivity contribution is 7.99. The molecule has 1 saturated heterocycles. The fraction of sp³-hybridized carbons (Fsp3) is 0.636. The van der Waals surface area contributed by atoms with E-state index in [0.29, 0.717) is 5.82 Å². The lowest BCUT2D eigenvalue weighted by atomic mass is 10.1. The summed E-state index contributed by atoms with van der Waals surface area (Å²) < 4.78 is 0. The molecule has 0 spiro atoms. The molecule has 3 heterocycles. The number of aromatic nitrogens is 2. The zero-order valence-electron chi connectivity index (χ0n) is 9.78. The minimum absolute atomic E-state index is 0.649. The molecule has 0 radical (unpaired) electrons. The molecule has 3 rings (SSSR count). The largest absolute Gasteiger partial charge is 0.383 e. The Bertz CT molecular complexity index is 417. The summed E-state index contributed by atoms with van der Waals surface area (Å²) in [7, 11) is 0. The van der Waals surface area contributed by atoms with E-state index in [1.165, 1.54) is 0 Å². The number of nitrogen functional groups attached to an aromatic ring is 1. The maximum atomic E-state index is 6.03. The summed E-state index contributed by atoms with van der Waals surface area (Å²) in [6.45, 7) is 3.85. The van der Waals surface area contributed by atoms with Crippen LogP contribution in [0, 0.1) is 0 Å². The summed E-state index contributed by atoms with van der Waals surface area (Å²) in [5.41, 5.74) is 8.24. The molecule has 0 unspecified atom stereocenters. The first-order chi connectivity index (χ1) is 8.34. The molecule has 0 saturated carbocycles. The number of nitrogens with one attached hydrogen (secondary N) is 1. The van der Waals surface area contributed by atoms with Crippen molar-refractivity contribution in [2.45, 2.75) is 13.0 Å². The number of nitrogens with zero attached hydrogens (tertiary/aromatic N) is 3. The monoisotopic (exact) mass is 251 g/mol. The van der Waals surface area contributed by atoms with Crippen LogP contribution < -0.4 is 16.0 Å². The van der Waals surface area contributed by atoms with Gasteiger partial charge in [0.2, 0.25) is 5.95 Å². The molecular weight excluding hydrogens is 234 g/mol. The van der Waals surface area contributed by atoms with Crippen molar-refractivity contribution in [3.05, 3.63) is 11.3 Å². The summed E-state index contributed by atoms with van der Waals surface area (Å²) in [5.74, 6) is 3.78. The van der Waals surface area contributed by atoms with E-state index in [0.717, 1.165) is 61.3 Å². The van der Waals surface area contributed by atoms with Gasteiger partial charge in [-0.15, -0.1) is 0 Å². The zero-order valence-corrected chi connectivity index (χ0v) is 10.6. The topological polar surface area (TPSA) is 67.1 Å². The Morgan fingerprint density at radius 3 is 2.88 bits per heavy atom. The summed E-state index contributed by atoms with van der Waals surface area (Å²) >= 11 is 1.99. The molecule has 1 aromatic rings. The van der Waals surface area contributed by atoms with Crippen molar-refractivity contribution in [2.24, 2.45) is 0 Å². The van der Waals surface area contributed by atoms with E-state index < -0.39 is 0 Å². The van der Waals surface area contributed by atoms with E-state index in [-0.39, 0.29) is 0 Å². The van der Waals surface area contributed by atoms with Crippen LogP contribution in [0.5, 0.6) is 0 Å².